The molecule has 1 heterocycles. The Bertz CT molecular complexity index is 522. The zero-order valence-corrected chi connectivity index (χ0v) is 12.1. The van der Waals surface area contributed by atoms with Crippen LogP contribution < -0.4 is 5.73 Å². The third kappa shape index (κ3) is 3.46. The second kappa shape index (κ2) is 6.67. The molecule has 1 aliphatic heterocycles. The molecule has 0 bridgehead atoms. The molecule has 20 heavy (non-hydrogen) atoms. The van der Waals surface area contributed by atoms with Crippen molar-refractivity contribution in [2.75, 3.05) is 13.1 Å². The Morgan fingerprint density at radius 2 is 2.20 bits per heavy atom. The maximum absolute atomic E-state index is 12.4. The van der Waals surface area contributed by atoms with Crippen LogP contribution >= 0.6 is 12.4 Å². The molecule has 1 amide bonds. The van der Waals surface area contributed by atoms with Crippen LogP contribution in [0.2, 0.25) is 0 Å². The molecule has 1 unspecified atom stereocenters. The van der Waals surface area contributed by atoms with E-state index in [9.17, 15) is 14.9 Å². The molecule has 110 valence electrons. The molecule has 1 fully saturated rings. The van der Waals surface area contributed by atoms with Gasteiger partial charge in [-0.15, -0.1) is 12.4 Å². The molecule has 0 aromatic heterocycles. The predicted molar refractivity (Wildman–Crippen MR) is 78.2 cm³/mol. The molecule has 6 nitrogen and oxygen atoms in total. The van der Waals surface area contributed by atoms with E-state index in [-0.39, 0.29) is 30.0 Å². The molecule has 1 saturated heterocycles. The van der Waals surface area contributed by atoms with Gasteiger partial charge in [-0.2, -0.15) is 0 Å². The van der Waals surface area contributed by atoms with Crippen LogP contribution in [0.5, 0.6) is 0 Å². The number of aryl methyl sites for hydroxylation is 1. The monoisotopic (exact) mass is 299 g/mol. The molecular formula is C13H18ClN3O3. The number of nitro groups is 1. The Labute approximate surface area is 123 Å². The van der Waals surface area contributed by atoms with Crippen LogP contribution in [0.4, 0.5) is 5.69 Å². The number of hydrogen-bond donors (Lipinski definition) is 1. The number of carbonyl (C=O) groups is 1. The summed E-state index contributed by atoms with van der Waals surface area (Å²) < 4.78 is 0. The zero-order valence-electron chi connectivity index (χ0n) is 11.2. The average Bonchev–Trinajstić information content (AvgIpc) is 2.38. The third-order valence-electron chi connectivity index (χ3n) is 3.41. The lowest BCUT2D eigenvalue weighted by Crippen LogP contribution is -2.45. The summed E-state index contributed by atoms with van der Waals surface area (Å²) in [6.45, 7) is 2.95. The summed E-state index contributed by atoms with van der Waals surface area (Å²) in [5.41, 5.74) is 6.93. The van der Waals surface area contributed by atoms with Gasteiger partial charge in [0.25, 0.3) is 11.6 Å². The van der Waals surface area contributed by atoms with Crippen molar-refractivity contribution in [1.82, 2.24) is 4.90 Å². The molecule has 0 saturated carbocycles. The average molecular weight is 300 g/mol. The number of nitro benzene ring substituents is 1. The van der Waals surface area contributed by atoms with Crippen LogP contribution in [-0.2, 0) is 0 Å². The van der Waals surface area contributed by atoms with Crippen molar-refractivity contribution in [3.63, 3.8) is 0 Å². The quantitative estimate of drug-likeness (QED) is 0.667. The van der Waals surface area contributed by atoms with E-state index < -0.39 is 4.92 Å². The smallest absolute Gasteiger partial charge is 0.270 e. The first-order valence-electron chi connectivity index (χ1n) is 6.29. The van der Waals surface area contributed by atoms with E-state index in [1.165, 1.54) is 12.1 Å². The summed E-state index contributed by atoms with van der Waals surface area (Å²) in [7, 11) is 0. The maximum Gasteiger partial charge on any atom is 0.270 e. The number of hydrogen-bond acceptors (Lipinski definition) is 4. The van der Waals surface area contributed by atoms with Gasteiger partial charge in [-0.3, -0.25) is 14.9 Å². The van der Waals surface area contributed by atoms with Crippen LogP contribution in [0, 0.1) is 17.0 Å². The molecule has 7 heteroatoms. The second-order valence-electron chi connectivity index (χ2n) is 4.91. The van der Waals surface area contributed by atoms with Crippen LogP contribution in [0.25, 0.3) is 0 Å². The van der Waals surface area contributed by atoms with Gasteiger partial charge in [0.05, 0.1) is 4.92 Å². The van der Waals surface area contributed by atoms with Crippen molar-refractivity contribution >= 4 is 24.0 Å². The van der Waals surface area contributed by atoms with E-state index in [1.54, 1.807) is 17.9 Å². The number of non-ortho nitro benzene ring substituents is 1. The second-order valence-corrected chi connectivity index (χ2v) is 4.91. The van der Waals surface area contributed by atoms with Crippen LogP contribution in [0.1, 0.15) is 28.8 Å². The van der Waals surface area contributed by atoms with E-state index in [0.29, 0.717) is 18.7 Å². The lowest BCUT2D eigenvalue weighted by molar-refractivity contribution is -0.384. The summed E-state index contributed by atoms with van der Waals surface area (Å²) in [6, 6.07) is 4.36. The maximum atomic E-state index is 12.4. The first kappa shape index (κ1) is 16.4. The molecule has 1 atom stereocenters. The standard InChI is InChI=1S/C13H17N3O3.ClH/c1-9-4-5-11(16(18)19)7-12(9)13(17)15-6-2-3-10(14)8-15;/h4-5,7,10H,2-3,6,8,14H2,1H3;1H. The van der Waals surface area contributed by atoms with Crippen molar-refractivity contribution in [1.29, 1.82) is 0 Å². The minimum Gasteiger partial charge on any atom is -0.337 e. The number of benzene rings is 1. The molecule has 0 radical (unpaired) electrons. The van der Waals surface area contributed by atoms with E-state index in [4.69, 9.17) is 5.73 Å². The van der Waals surface area contributed by atoms with Crippen LogP contribution in [0.15, 0.2) is 18.2 Å². The molecule has 0 aliphatic carbocycles. The minimum atomic E-state index is -0.488. The van der Waals surface area contributed by atoms with Crippen LogP contribution in [0.3, 0.4) is 0 Å². The summed E-state index contributed by atoms with van der Waals surface area (Å²) in [6.07, 6.45) is 1.79. The molecule has 2 N–H and O–H groups in total. The van der Waals surface area contributed by atoms with Gasteiger partial charge in [0.1, 0.15) is 0 Å². The molecule has 1 aliphatic rings. The number of carbonyl (C=O) groups excluding carboxylic acids is 1. The van der Waals surface area contributed by atoms with E-state index in [1.807, 2.05) is 0 Å². The topological polar surface area (TPSA) is 89.5 Å². The minimum absolute atomic E-state index is 0. The van der Waals surface area contributed by atoms with Gasteiger partial charge < -0.3 is 10.6 Å². The van der Waals surface area contributed by atoms with Gasteiger partial charge in [-0.05, 0) is 25.3 Å². The van der Waals surface area contributed by atoms with Gasteiger partial charge in [-0.25, -0.2) is 0 Å². The Morgan fingerprint density at radius 3 is 2.80 bits per heavy atom. The highest BCUT2D eigenvalue weighted by atomic mass is 35.5. The van der Waals surface area contributed by atoms with E-state index in [0.717, 1.165) is 18.4 Å². The first-order valence-corrected chi connectivity index (χ1v) is 6.29. The van der Waals surface area contributed by atoms with Crippen molar-refractivity contribution in [3.05, 3.63) is 39.4 Å². The predicted octanol–water partition coefficient (Wildman–Crippen LogP) is 1.89. The van der Waals surface area contributed by atoms with Crippen LogP contribution in [-0.4, -0.2) is 34.9 Å². The molecule has 2 rings (SSSR count). The summed E-state index contributed by atoms with van der Waals surface area (Å²) in [5, 5.41) is 10.8. The number of likely N-dealkylation sites (tertiary alicyclic amines) is 1. The molecular weight excluding hydrogens is 282 g/mol. The highest BCUT2D eigenvalue weighted by Gasteiger charge is 2.24. The molecule has 1 aromatic rings. The van der Waals surface area contributed by atoms with Gasteiger partial charge in [0.2, 0.25) is 0 Å². The highest BCUT2D eigenvalue weighted by molar-refractivity contribution is 5.96. The summed E-state index contributed by atoms with van der Waals surface area (Å²) in [5.74, 6) is -0.170. The van der Waals surface area contributed by atoms with Gasteiger partial charge in [-0.1, -0.05) is 6.07 Å². The Balaban J connectivity index is 0.00000200. The molecule has 0 spiro atoms. The van der Waals surface area contributed by atoms with Crippen molar-refractivity contribution in [3.8, 4) is 0 Å². The Hall–Kier alpha value is -1.66. The summed E-state index contributed by atoms with van der Waals surface area (Å²) >= 11 is 0. The van der Waals surface area contributed by atoms with Crippen molar-refractivity contribution in [2.45, 2.75) is 25.8 Å². The normalized spacial score (nSPS) is 18.3. The fourth-order valence-corrected chi connectivity index (χ4v) is 2.32. The van der Waals surface area contributed by atoms with Gasteiger partial charge in [0.15, 0.2) is 0 Å². The van der Waals surface area contributed by atoms with E-state index >= 15 is 0 Å². The summed E-state index contributed by atoms with van der Waals surface area (Å²) in [4.78, 5) is 24.4. The molecule has 1 aromatic carbocycles. The number of halogens is 1. The fraction of sp³-hybridized carbons (Fsp3) is 0.462. The Morgan fingerprint density at radius 1 is 1.50 bits per heavy atom. The SMILES string of the molecule is Cc1ccc([N+](=O)[O-])cc1C(=O)N1CCCC(N)C1.Cl. The van der Waals surface area contributed by atoms with E-state index in [2.05, 4.69) is 0 Å². The lowest BCUT2D eigenvalue weighted by atomic mass is 10.0. The Kier molecular flexibility index (Phi) is 5.47. The third-order valence-corrected chi connectivity index (χ3v) is 3.41. The number of nitrogens with two attached hydrogens (primary N) is 1. The van der Waals surface area contributed by atoms with Gasteiger partial charge in [0, 0.05) is 36.8 Å². The number of piperidine rings is 1. The van der Waals surface area contributed by atoms with Crippen molar-refractivity contribution < 1.29 is 9.72 Å². The van der Waals surface area contributed by atoms with Gasteiger partial charge >= 0.3 is 0 Å². The zero-order chi connectivity index (χ0) is 14.0. The fourth-order valence-electron chi connectivity index (χ4n) is 2.32. The number of rotatable bonds is 2. The largest absolute Gasteiger partial charge is 0.337 e. The highest BCUT2D eigenvalue weighted by Crippen LogP contribution is 2.20. The lowest BCUT2D eigenvalue weighted by Gasteiger charge is -2.31. The number of amides is 1. The number of nitrogens with zero attached hydrogens (tertiary/aromatic N) is 2. The van der Waals surface area contributed by atoms with Crippen molar-refractivity contribution in [2.24, 2.45) is 5.73 Å². The first-order chi connectivity index (χ1) is 8.99.